The van der Waals surface area contributed by atoms with Crippen molar-refractivity contribution in [2.75, 3.05) is 11.1 Å². The van der Waals surface area contributed by atoms with Crippen molar-refractivity contribution in [3.8, 4) is 0 Å². The van der Waals surface area contributed by atoms with E-state index in [9.17, 15) is 9.59 Å². The van der Waals surface area contributed by atoms with E-state index >= 15 is 0 Å². The van der Waals surface area contributed by atoms with Gasteiger partial charge in [0.05, 0.1) is 5.75 Å². The first-order valence-corrected chi connectivity index (χ1v) is 9.44. The number of nitrogens with zero attached hydrogens (tertiary/aromatic N) is 4. The Bertz CT molecular complexity index is 959. The van der Waals surface area contributed by atoms with Gasteiger partial charge < -0.3 is 14.5 Å². The van der Waals surface area contributed by atoms with E-state index in [0.29, 0.717) is 22.8 Å². The zero-order valence-corrected chi connectivity index (χ0v) is 16.3. The molecule has 0 fully saturated rings. The third-order valence-corrected chi connectivity index (χ3v) is 5.24. The Morgan fingerprint density at radius 1 is 1.11 bits per heavy atom. The van der Waals surface area contributed by atoms with Gasteiger partial charge in [0.2, 0.25) is 5.91 Å². The van der Waals surface area contributed by atoms with E-state index in [2.05, 4.69) is 15.5 Å². The van der Waals surface area contributed by atoms with Crippen molar-refractivity contribution in [2.45, 2.75) is 18.5 Å². The van der Waals surface area contributed by atoms with Crippen LogP contribution in [0.5, 0.6) is 0 Å². The second-order valence-electron chi connectivity index (χ2n) is 6.22. The number of ketones is 1. The van der Waals surface area contributed by atoms with Crippen LogP contribution in [0.25, 0.3) is 0 Å². The molecular weight excluding hydrogens is 362 g/mol. The lowest BCUT2D eigenvalue weighted by atomic mass is 10.1. The summed E-state index contributed by atoms with van der Waals surface area (Å²) >= 11 is 1.34. The minimum Gasteiger partial charge on any atom is -0.354 e. The number of carbonyl (C=O) groups is 2. The lowest BCUT2D eigenvalue weighted by molar-refractivity contribution is -0.113. The Kier molecular flexibility index (Phi) is 5.75. The molecule has 0 saturated carbocycles. The first kappa shape index (κ1) is 18.9. The van der Waals surface area contributed by atoms with E-state index in [-0.39, 0.29) is 17.4 Å². The third-order valence-electron chi connectivity index (χ3n) is 4.22. The van der Waals surface area contributed by atoms with Crippen LogP contribution in [0.2, 0.25) is 0 Å². The highest BCUT2D eigenvalue weighted by atomic mass is 32.2. The normalized spacial score (nSPS) is 10.8. The fraction of sp³-hybridized carbons (Fsp3) is 0.263. The van der Waals surface area contributed by atoms with Gasteiger partial charge in [-0.15, -0.1) is 10.2 Å². The molecule has 140 valence electrons. The summed E-state index contributed by atoms with van der Waals surface area (Å²) in [4.78, 5) is 23.4. The van der Waals surface area contributed by atoms with Gasteiger partial charge >= 0.3 is 0 Å². The van der Waals surface area contributed by atoms with Crippen molar-refractivity contribution < 1.29 is 9.59 Å². The molecule has 2 heterocycles. The number of hydrogen-bond donors (Lipinski definition) is 1. The van der Waals surface area contributed by atoms with Gasteiger partial charge in [-0.05, 0) is 43.3 Å². The van der Waals surface area contributed by atoms with E-state index in [1.165, 1.54) is 18.7 Å². The Balaban J connectivity index is 1.56. The molecular formula is C19H21N5O2S. The molecule has 3 aromatic rings. The molecule has 7 nitrogen and oxygen atoms in total. The number of aromatic nitrogens is 4. The van der Waals surface area contributed by atoms with Gasteiger partial charge in [-0.1, -0.05) is 11.8 Å². The summed E-state index contributed by atoms with van der Waals surface area (Å²) in [5, 5.41) is 11.9. The average molecular weight is 383 g/mol. The average Bonchev–Trinajstić information content (AvgIpc) is 3.20. The van der Waals surface area contributed by atoms with E-state index in [1.807, 2.05) is 41.6 Å². The summed E-state index contributed by atoms with van der Waals surface area (Å²) in [7, 11) is 3.90. The molecule has 0 unspecified atom stereocenters. The highest BCUT2D eigenvalue weighted by Gasteiger charge is 2.13. The lowest BCUT2D eigenvalue weighted by Gasteiger charge is -2.06. The van der Waals surface area contributed by atoms with Crippen LogP contribution in [0.3, 0.4) is 0 Å². The highest BCUT2D eigenvalue weighted by molar-refractivity contribution is 7.99. The van der Waals surface area contributed by atoms with Crippen LogP contribution in [-0.2, 0) is 25.3 Å². The second-order valence-corrected chi connectivity index (χ2v) is 7.16. The molecule has 2 aromatic heterocycles. The molecule has 1 aromatic carbocycles. The molecule has 0 aliphatic heterocycles. The zero-order chi connectivity index (χ0) is 19.4. The third kappa shape index (κ3) is 4.65. The number of thioether (sulfide) groups is 1. The molecule has 0 aliphatic carbocycles. The molecule has 1 N–H and O–H groups in total. The summed E-state index contributed by atoms with van der Waals surface area (Å²) in [5.74, 6) is 0.934. The van der Waals surface area contributed by atoms with Gasteiger partial charge in [-0.3, -0.25) is 9.59 Å². The maximum atomic E-state index is 12.2. The van der Waals surface area contributed by atoms with Crippen LogP contribution in [0.1, 0.15) is 28.8 Å². The van der Waals surface area contributed by atoms with E-state index in [4.69, 9.17) is 0 Å². The quantitative estimate of drug-likeness (QED) is 0.501. The van der Waals surface area contributed by atoms with E-state index in [1.54, 1.807) is 24.3 Å². The minimum atomic E-state index is -0.137. The first-order valence-electron chi connectivity index (χ1n) is 8.46. The highest BCUT2D eigenvalue weighted by Crippen LogP contribution is 2.18. The van der Waals surface area contributed by atoms with Crippen molar-refractivity contribution in [1.29, 1.82) is 0 Å². The molecule has 0 spiro atoms. The Labute approximate surface area is 161 Å². The van der Waals surface area contributed by atoms with Gasteiger partial charge in [0.25, 0.3) is 0 Å². The number of anilines is 1. The van der Waals surface area contributed by atoms with Gasteiger partial charge in [0.1, 0.15) is 5.82 Å². The number of aryl methyl sites for hydroxylation is 1. The monoisotopic (exact) mass is 383 g/mol. The fourth-order valence-corrected chi connectivity index (χ4v) is 3.31. The maximum Gasteiger partial charge on any atom is 0.234 e. The van der Waals surface area contributed by atoms with Crippen LogP contribution >= 0.6 is 11.8 Å². The van der Waals surface area contributed by atoms with Gasteiger partial charge in [-0.25, -0.2) is 0 Å². The molecule has 0 atom stereocenters. The van der Waals surface area contributed by atoms with Gasteiger partial charge in [-0.2, -0.15) is 0 Å². The predicted octanol–water partition coefficient (Wildman–Crippen LogP) is 2.68. The summed E-state index contributed by atoms with van der Waals surface area (Å²) in [6.45, 7) is 1.51. The number of amides is 1. The van der Waals surface area contributed by atoms with Gasteiger partial charge in [0, 0.05) is 43.7 Å². The Hall–Kier alpha value is -2.87. The van der Waals surface area contributed by atoms with Crippen LogP contribution in [0, 0.1) is 0 Å². The fourth-order valence-electron chi connectivity index (χ4n) is 2.58. The molecule has 0 radical (unpaired) electrons. The maximum absolute atomic E-state index is 12.2. The molecule has 8 heteroatoms. The molecule has 0 aliphatic rings. The summed E-state index contributed by atoms with van der Waals surface area (Å²) in [6.07, 6.45) is 2.68. The van der Waals surface area contributed by atoms with E-state index in [0.717, 1.165) is 11.5 Å². The zero-order valence-electron chi connectivity index (χ0n) is 15.5. The summed E-state index contributed by atoms with van der Waals surface area (Å²) < 4.78 is 3.96. The summed E-state index contributed by atoms with van der Waals surface area (Å²) in [5.41, 5.74) is 2.42. The second kappa shape index (κ2) is 8.22. The first-order chi connectivity index (χ1) is 12.9. The molecule has 0 saturated heterocycles. The lowest BCUT2D eigenvalue weighted by Crippen LogP contribution is -2.14. The Morgan fingerprint density at radius 2 is 1.85 bits per heavy atom. The van der Waals surface area contributed by atoms with Crippen LogP contribution < -0.4 is 5.32 Å². The SMILES string of the molecule is CC(=O)c1ccc(NC(=O)CSc2nnc(Cc3cccn3C)n2C)cc1. The van der Waals surface area contributed by atoms with Crippen molar-refractivity contribution >= 4 is 29.1 Å². The molecule has 0 bridgehead atoms. The molecule has 27 heavy (non-hydrogen) atoms. The van der Waals surface area contributed by atoms with Crippen LogP contribution in [0.15, 0.2) is 47.8 Å². The topological polar surface area (TPSA) is 81.8 Å². The largest absolute Gasteiger partial charge is 0.354 e. The number of hydrogen-bond acceptors (Lipinski definition) is 5. The van der Waals surface area contributed by atoms with Crippen molar-refractivity contribution in [3.63, 3.8) is 0 Å². The van der Waals surface area contributed by atoms with Crippen molar-refractivity contribution in [2.24, 2.45) is 14.1 Å². The number of rotatable bonds is 7. The van der Waals surface area contributed by atoms with Crippen molar-refractivity contribution in [1.82, 2.24) is 19.3 Å². The van der Waals surface area contributed by atoms with Crippen LogP contribution in [0.4, 0.5) is 5.69 Å². The number of benzene rings is 1. The smallest absolute Gasteiger partial charge is 0.234 e. The standard InChI is InChI=1S/C19H21N5O2S/c1-13(25)14-6-8-15(9-7-14)20-18(26)12-27-19-22-21-17(24(19)3)11-16-5-4-10-23(16)2/h4-10H,11-12H2,1-3H3,(H,20,26). The van der Waals surface area contributed by atoms with E-state index < -0.39 is 0 Å². The van der Waals surface area contributed by atoms with Crippen molar-refractivity contribution in [3.05, 3.63) is 59.7 Å². The number of Topliss-reactive ketones (excluding diaryl/α,β-unsaturated/α-hetero) is 1. The number of nitrogens with one attached hydrogen (secondary N) is 1. The minimum absolute atomic E-state index is 0.00291. The predicted molar refractivity (Wildman–Crippen MR) is 105 cm³/mol. The Morgan fingerprint density at radius 3 is 2.48 bits per heavy atom. The van der Waals surface area contributed by atoms with Gasteiger partial charge in [0.15, 0.2) is 10.9 Å². The van der Waals surface area contributed by atoms with Crippen LogP contribution in [-0.4, -0.2) is 36.8 Å². The molecule has 1 amide bonds. The molecule has 3 rings (SSSR count). The summed E-state index contributed by atoms with van der Waals surface area (Å²) in [6, 6.07) is 10.9. The number of carbonyl (C=O) groups excluding carboxylic acids is 2.